The molecule has 2 aromatic rings. The number of benzene rings is 2. The van der Waals surface area contributed by atoms with Crippen LogP contribution in [0.2, 0.25) is 0 Å². The molecule has 0 radical (unpaired) electrons. The molecule has 2 aromatic carbocycles. The molecule has 0 aliphatic heterocycles. The molecule has 2 N–H and O–H groups in total. The first-order valence-electron chi connectivity index (χ1n) is 9.82. The van der Waals surface area contributed by atoms with Gasteiger partial charge in [-0.25, -0.2) is 8.42 Å². The first-order chi connectivity index (χ1) is 14.0. The molecule has 8 heteroatoms. The van der Waals surface area contributed by atoms with Crippen molar-refractivity contribution in [3.8, 4) is 5.75 Å². The summed E-state index contributed by atoms with van der Waals surface area (Å²) in [6.45, 7) is 3.50. The Hall–Kier alpha value is -1.81. The van der Waals surface area contributed by atoms with Crippen LogP contribution in [-0.4, -0.2) is 47.4 Å². The molecular formula is C22H32IN3O3S. The van der Waals surface area contributed by atoms with E-state index in [9.17, 15) is 8.42 Å². The predicted molar refractivity (Wildman–Crippen MR) is 134 cm³/mol. The van der Waals surface area contributed by atoms with Crippen LogP contribution in [0.25, 0.3) is 0 Å². The molecule has 0 fully saturated rings. The minimum Gasteiger partial charge on any atom is -0.497 e. The number of hydrogen-bond donors (Lipinski definition) is 2. The molecule has 0 aliphatic rings. The summed E-state index contributed by atoms with van der Waals surface area (Å²) in [6, 6.07) is 16.7. The summed E-state index contributed by atoms with van der Waals surface area (Å²) in [5.74, 6) is 2.06. The van der Waals surface area contributed by atoms with Gasteiger partial charge in [0.2, 0.25) is 0 Å². The maximum atomic E-state index is 12.3. The lowest BCUT2D eigenvalue weighted by Crippen LogP contribution is -2.38. The highest BCUT2D eigenvalue weighted by molar-refractivity contribution is 14.0. The monoisotopic (exact) mass is 545 g/mol. The summed E-state index contributed by atoms with van der Waals surface area (Å²) in [4.78, 5) is 4.57. The third-order valence-electron chi connectivity index (χ3n) is 4.76. The van der Waals surface area contributed by atoms with Gasteiger partial charge in [0.15, 0.2) is 15.8 Å². The van der Waals surface area contributed by atoms with Crippen molar-refractivity contribution < 1.29 is 13.2 Å². The van der Waals surface area contributed by atoms with Crippen molar-refractivity contribution in [2.75, 3.05) is 33.0 Å². The van der Waals surface area contributed by atoms with E-state index in [-0.39, 0.29) is 29.7 Å². The Morgan fingerprint density at radius 3 is 2.27 bits per heavy atom. The molecule has 0 spiro atoms. The summed E-state index contributed by atoms with van der Waals surface area (Å²) in [6.07, 6.45) is 1.47. The second-order valence-electron chi connectivity index (χ2n) is 6.87. The lowest BCUT2D eigenvalue weighted by molar-refractivity contribution is 0.414. The second kappa shape index (κ2) is 13.5. The molecule has 2 rings (SSSR count). The van der Waals surface area contributed by atoms with Crippen LogP contribution in [0.15, 0.2) is 64.5 Å². The van der Waals surface area contributed by atoms with Crippen molar-refractivity contribution in [2.45, 2.75) is 30.6 Å². The number of guanidine groups is 1. The van der Waals surface area contributed by atoms with E-state index in [1.54, 1.807) is 38.4 Å². The number of rotatable bonds is 10. The molecule has 0 saturated heterocycles. The van der Waals surface area contributed by atoms with Gasteiger partial charge in [-0.2, -0.15) is 0 Å². The maximum Gasteiger partial charge on any atom is 0.190 e. The quantitative estimate of drug-likeness (QED) is 0.205. The minimum atomic E-state index is -3.24. The van der Waals surface area contributed by atoms with Crippen LogP contribution in [0.5, 0.6) is 5.75 Å². The van der Waals surface area contributed by atoms with Gasteiger partial charge in [0.25, 0.3) is 0 Å². The standard InChI is InChI=1S/C22H31N3O3S.HI/c1-18(19-10-12-20(28-3)13-11-19)14-16-25-22(23-2)24-15-7-17-29(26,27)21-8-5-4-6-9-21;/h4-6,8-13,18H,7,14-17H2,1-3H3,(H2,23,24,25);1H. The molecule has 0 aromatic heterocycles. The smallest absolute Gasteiger partial charge is 0.190 e. The lowest BCUT2D eigenvalue weighted by Gasteiger charge is -2.15. The van der Waals surface area contributed by atoms with Crippen LogP contribution >= 0.6 is 24.0 Å². The maximum absolute atomic E-state index is 12.3. The number of methoxy groups -OCH3 is 1. The first kappa shape index (κ1) is 26.2. The van der Waals surface area contributed by atoms with Crippen LogP contribution < -0.4 is 15.4 Å². The summed E-state index contributed by atoms with van der Waals surface area (Å²) < 4.78 is 29.8. The average Bonchev–Trinajstić information content (AvgIpc) is 2.76. The molecule has 0 aliphatic carbocycles. The van der Waals surface area contributed by atoms with Crippen molar-refractivity contribution in [1.29, 1.82) is 0 Å². The molecule has 6 nitrogen and oxygen atoms in total. The Bertz CT molecular complexity index is 872. The fraction of sp³-hybridized carbons (Fsp3) is 0.409. The molecule has 0 bridgehead atoms. The number of halogens is 1. The fourth-order valence-corrected chi connectivity index (χ4v) is 4.27. The van der Waals surface area contributed by atoms with Gasteiger partial charge in [-0.15, -0.1) is 24.0 Å². The number of ether oxygens (including phenoxy) is 1. The number of nitrogens with one attached hydrogen (secondary N) is 2. The second-order valence-corrected chi connectivity index (χ2v) is 8.98. The van der Waals surface area contributed by atoms with E-state index in [1.165, 1.54) is 5.56 Å². The van der Waals surface area contributed by atoms with Crippen LogP contribution in [0, 0.1) is 0 Å². The van der Waals surface area contributed by atoms with Gasteiger partial charge >= 0.3 is 0 Å². The zero-order valence-corrected chi connectivity index (χ0v) is 20.9. The SMILES string of the molecule is CN=C(NCCCS(=O)(=O)c1ccccc1)NCCC(C)c1ccc(OC)cc1.I. The minimum absolute atomic E-state index is 0. The summed E-state index contributed by atoms with van der Waals surface area (Å²) in [5, 5.41) is 6.47. The average molecular weight is 545 g/mol. The number of sulfone groups is 1. The molecule has 30 heavy (non-hydrogen) atoms. The lowest BCUT2D eigenvalue weighted by atomic mass is 9.98. The summed E-state index contributed by atoms with van der Waals surface area (Å²) >= 11 is 0. The largest absolute Gasteiger partial charge is 0.497 e. The Morgan fingerprint density at radius 1 is 1.03 bits per heavy atom. The highest BCUT2D eigenvalue weighted by Crippen LogP contribution is 2.21. The van der Waals surface area contributed by atoms with E-state index < -0.39 is 9.84 Å². The van der Waals surface area contributed by atoms with Gasteiger partial charge < -0.3 is 15.4 Å². The molecule has 0 saturated carbocycles. The Labute approximate surface area is 197 Å². The number of nitrogens with zero attached hydrogens (tertiary/aromatic N) is 1. The summed E-state index contributed by atoms with van der Waals surface area (Å²) in [5.41, 5.74) is 1.27. The number of hydrogen-bond acceptors (Lipinski definition) is 4. The third-order valence-corrected chi connectivity index (χ3v) is 6.58. The van der Waals surface area contributed by atoms with Crippen molar-refractivity contribution in [3.63, 3.8) is 0 Å². The van der Waals surface area contributed by atoms with Gasteiger partial charge in [0, 0.05) is 20.1 Å². The van der Waals surface area contributed by atoms with Crippen LogP contribution in [0.3, 0.4) is 0 Å². The molecule has 0 heterocycles. The molecule has 1 unspecified atom stereocenters. The number of aliphatic imine (C=N–C) groups is 1. The summed E-state index contributed by atoms with van der Waals surface area (Å²) in [7, 11) is 0.138. The van der Waals surface area contributed by atoms with Crippen molar-refractivity contribution in [3.05, 3.63) is 60.2 Å². The van der Waals surface area contributed by atoms with E-state index in [2.05, 4.69) is 34.7 Å². The zero-order chi connectivity index (χ0) is 21.1. The molecular weight excluding hydrogens is 513 g/mol. The van der Waals surface area contributed by atoms with Gasteiger partial charge in [-0.3, -0.25) is 4.99 Å². The first-order valence-corrected chi connectivity index (χ1v) is 11.5. The zero-order valence-electron chi connectivity index (χ0n) is 17.8. The topological polar surface area (TPSA) is 79.8 Å². The van der Waals surface area contributed by atoms with Gasteiger partial charge in [0.05, 0.1) is 17.8 Å². The molecule has 166 valence electrons. The highest BCUT2D eigenvalue weighted by atomic mass is 127. The van der Waals surface area contributed by atoms with Crippen molar-refractivity contribution in [1.82, 2.24) is 10.6 Å². The predicted octanol–water partition coefficient (Wildman–Crippen LogP) is 3.84. The van der Waals surface area contributed by atoms with Gasteiger partial charge in [-0.05, 0) is 48.6 Å². The van der Waals surface area contributed by atoms with E-state index in [0.29, 0.717) is 29.7 Å². The van der Waals surface area contributed by atoms with E-state index in [0.717, 1.165) is 18.7 Å². The van der Waals surface area contributed by atoms with E-state index in [1.807, 2.05) is 18.2 Å². The van der Waals surface area contributed by atoms with E-state index in [4.69, 9.17) is 4.74 Å². The fourth-order valence-electron chi connectivity index (χ4n) is 2.94. The Kier molecular flexibility index (Phi) is 11.8. The molecule has 0 amide bonds. The Morgan fingerprint density at radius 2 is 1.67 bits per heavy atom. The van der Waals surface area contributed by atoms with Gasteiger partial charge in [0.1, 0.15) is 5.75 Å². The van der Waals surface area contributed by atoms with Crippen LogP contribution in [0.1, 0.15) is 31.2 Å². The van der Waals surface area contributed by atoms with Crippen LogP contribution in [-0.2, 0) is 9.84 Å². The van der Waals surface area contributed by atoms with Crippen LogP contribution in [0.4, 0.5) is 0 Å². The highest BCUT2D eigenvalue weighted by Gasteiger charge is 2.13. The third kappa shape index (κ3) is 8.51. The van der Waals surface area contributed by atoms with Gasteiger partial charge in [-0.1, -0.05) is 37.3 Å². The molecule has 1 atom stereocenters. The Balaban J connectivity index is 0.00000450. The normalized spacial score (nSPS) is 12.6. The van der Waals surface area contributed by atoms with Crippen molar-refractivity contribution >= 4 is 39.8 Å². The van der Waals surface area contributed by atoms with Crippen molar-refractivity contribution in [2.24, 2.45) is 4.99 Å². The van der Waals surface area contributed by atoms with E-state index >= 15 is 0 Å².